The van der Waals surface area contributed by atoms with E-state index in [9.17, 15) is 22.8 Å². The van der Waals surface area contributed by atoms with Gasteiger partial charge >= 0.3 is 12.1 Å². The smallest absolute Gasteiger partial charge is 0.417 e. The van der Waals surface area contributed by atoms with Crippen LogP contribution < -0.4 is 5.32 Å². The number of hydrogen-bond donors (Lipinski definition) is 2. The van der Waals surface area contributed by atoms with Crippen molar-refractivity contribution >= 4 is 11.9 Å². The van der Waals surface area contributed by atoms with Crippen molar-refractivity contribution in [3.63, 3.8) is 0 Å². The molecule has 0 aromatic heterocycles. The van der Waals surface area contributed by atoms with Crippen molar-refractivity contribution in [1.29, 1.82) is 0 Å². The summed E-state index contributed by atoms with van der Waals surface area (Å²) in [5.74, 6) is -2.67. The van der Waals surface area contributed by atoms with Gasteiger partial charge in [0.15, 0.2) is 0 Å². The van der Waals surface area contributed by atoms with Crippen LogP contribution in [0.2, 0.25) is 0 Å². The number of nitrogens with one attached hydrogen (secondary N) is 1. The van der Waals surface area contributed by atoms with Crippen molar-refractivity contribution in [2.45, 2.75) is 31.5 Å². The van der Waals surface area contributed by atoms with Crippen LogP contribution >= 0.6 is 0 Å². The van der Waals surface area contributed by atoms with Crippen LogP contribution in [-0.4, -0.2) is 23.0 Å². The molecule has 1 aromatic rings. The van der Waals surface area contributed by atoms with Crippen molar-refractivity contribution in [3.05, 3.63) is 35.4 Å². The first kappa shape index (κ1) is 15.3. The summed E-state index contributed by atoms with van der Waals surface area (Å²) in [5.41, 5.74) is -1.51. The lowest BCUT2D eigenvalue weighted by Gasteiger charge is -2.19. The van der Waals surface area contributed by atoms with Crippen LogP contribution in [0.25, 0.3) is 0 Å². The molecular weight excluding hydrogens is 287 g/mol. The lowest BCUT2D eigenvalue weighted by molar-refractivity contribution is -0.142. The number of hydrogen-bond acceptors (Lipinski definition) is 2. The molecule has 2 rings (SSSR count). The molecule has 2 atom stereocenters. The average Bonchev–Trinajstić information content (AvgIpc) is 2.86. The number of aliphatic carboxylic acids is 1. The van der Waals surface area contributed by atoms with Crippen LogP contribution in [0.5, 0.6) is 0 Å². The Morgan fingerprint density at radius 1 is 1.19 bits per heavy atom. The molecule has 0 spiro atoms. The Kier molecular flexibility index (Phi) is 4.20. The van der Waals surface area contributed by atoms with E-state index in [1.807, 2.05) is 0 Å². The maximum Gasteiger partial charge on any atom is 0.417 e. The van der Waals surface area contributed by atoms with E-state index in [2.05, 4.69) is 5.32 Å². The zero-order valence-corrected chi connectivity index (χ0v) is 11.0. The van der Waals surface area contributed by atoms with Gasteiger partial charge in [-0.15, -0.1) is 0 Å². The lowest BCUT2D eigenvalue weighted by atomic mass is 10.0. The van der Waals surface area contributed by atoms with Gasteiger partial charge in [0.25, 0.3) is 5.91 Å². The summed E-state index contributed by atoms with van der Waals surface area (Å²) in [5, 5.41) is 11.4. The first-order valence-electron chi connectivity index (χ1n) is 6.50. The van der Waals surface area contributed by atoms with Gasteiger partial charge in [-0.3, -0.25) is 9.59 Å². The van der Waals surface area contributed by atoms with E-state index in [0.717, 1.165) is 12.1 Å². The minimum Gasteiger partial charge on any atom is -0.481 e. The SMILES string of the molecule is O=C(NC1CCCC1C(=O)O)c1ccccc1C(F)(F)F. The van der Waals surface area contributed by atoms with Gasteiger partial charge in [-0.05, 0) is 25.0 Å². The van der Waals surface area contributed by atoms with Gasteiger partial charge in [0.1, 0.15) is 0 Å². The van der Waals surface area contributed by atoms with Crippen molar-refractivity contribution < 1.29 is 27.9 Å². The molecule has 2 N–H and O–H groups in total. The Morgan fingerprint density at radius 2 is 1.86 bits per heavy atom. The topological polar surface area (TPSA) is 66.4 Å². The molecule has 7 heteroatoms. The highest BCUT2D eigenvalue weighted by molar-refractivity contribution is 5.96. The molecule has 0 bridgehead atoms. The van der Waals surface area contributed by atoms with Gasteiger partial charge in [0, 0.05) is 6.04 Å². The predicted octanol–water partition coefficient (Wildman–Crippen LogP) is 2.69. The maximum absolute atomic E-state index is 12.9. The lowest BCUT2D eigenvalue weighted by Crippen LogP contribution is -2.40. The van der Waals surface area contributed by atoms with Crippen LogP contribution in [0.15, 0.2) is 24.3 Å². The molecular formula is C14H14F3NO3. The first-order chi connectivity index (χ1) is 9.80. The molecule has 1 saturated carbocycles. The summed E-state index contributed by atoms with van der Waals surface area (Å²) in [4.78, 5) is 23.1. The van der Waals surface area contributed by atoms with Gasteiger partial charge in [-0.25, -0.2) is 0 Å². The normalized spacial score (nSPS) is 22.0. The molecule has 0 aliphatic heterocycles. The molecule has 2 unspecified atom stereocenters. The standard InChI is InChI=1S/C14H14F3NO3/c15-14(16,17)10-6-2-1-4-8(10)12(19)18-11-7-3-5-9(11)13(20)21/h1-2,4,6,9,11H,3,5,7H2,(H,18,19)(H,20,21). The molecule has 114 valence electrons. The maximum atomic E-state index is 12.9. The van der Waals surface area contributed by atoms with E-state index in [4.69, 9.17) is 5.11 Å². The van der Waals surface area contributed by atoms with Gasteiger partial charge in [-0.1, -0.05) is 18.6 Å². The monoisotopic (exact) mass is 301 g/mol. The second-order valence-corrected chi connectivity index (χ2v) is 5.00. The number of rotatable bonds is 3. The highest BCUT2D eigenvalue weighted by Crippen LogP contribution is 2.32. The second kappa shape index (κ2) is 5.75. The number of carbonyl (C=O) groups excluding carboxylic acids is 1. The fourth-order valence-corrected chi connectivity index (χ4v) is 2.60. The van der Waals surface area contributed by atoms with Gasteiger partial charge in [0.05, 0.1) is 17.0 Å². The molecule has 1 amide bonds. The van der Waals surface area contributed by atoms with Gasteiger partial charge < -0.3 is 10.4 Å². The molecule has 1 aliphatic rings. The molecule has 0 saturated heterocycles. The minimum absolute atomic E-state index is 0.418. The summed E-state index contributed by atoms with van der Waals surface area (Å²) < 4.78 is 38.6. The highest BCUT2D eigenvalue weighted by atomic mass is 19.4. The van der Waals surface area contributed by atoms with E-state index in [0.29, 0.717) is 19.3 Å². The first-order valence-corrected chi connectivity index (χ1v) is 6.50. The second-order valence-electron chi connectivity index (χ2n) is 5.00. The van der Waals surface area contributed by atoms with Crippen molar-refractivity contribution in [1.82, 2.24) is 5.32 Å². The molecule has 1 aliphatic carbocycles. The molecule has 0 radical (unpaired) electrons. The van der Waals surface area contributed by atoms with Crippen LogP contribution in [0.3, 0.4) is 0 Å². The summed E-state index contributed by atoms with van der Waals surface area (Å²) in [6, 6.07) is 3.83. The Hall–Kier alpha value is -2.05. The highest BCUT2D eigenvalue weighted by Gasteiger charge is 2.37. The third-order valence-electron chi connectivity index (χ3n) is 3.63. The van der Waals surface area contributed by atoms with E-state index in [1.165, 1.54) is 12.1 Å². The summed E-state index contributed by atoms with van der Waals surface area (Å²) in [7, 11) is 0. The van der Waals surface area contributed by atoms with Crippen LogP contribution in [-0.2, 0) is 11.0 Å². The third kappa shape index (κ3) is 3.34. The van der Waals surface area contributed by atoms with Gasteiger partial charge in [-0.2, -0.15) is 13.2 Å². The Bertz CT molecular complexity index is 557. The number of halogens is 3. The fourth-order valence-electron chi connectivity index (χ4n) is 2.60. The van der Waals surface area contributed by atoms with E-state index in [1.54, 1.807) is 0 Å². The van der Waals surface area contributed by atoms with Crippen molar-refractivity contribution in [2.24, 2.45) is 5.92 Å². The number of alkyl halides is 3. The van der Waals surface area contributed by atoms with Crippen LogP contribution in [0, 0.1) is 5.92 Å². The zero-order valence-electron chi connectivity index (χ0n) is 11.0. The number of carbonyl (C=O) groups is 2. The summed E-state index contributed by atoms with van der Waals surface area (Å²) in [6.07, 6.45) is -3.13. The fraction of sp³-hybridized carbons (Fsp3) is 0.429. The number of carboxylic acids is 1. The molecule has 1 fully saturated rings. The molecule has 1 aromatic carbocycles. The summed E-state index contributed by atoms with van der Waals surface area (Å²) in [6.45, 7) is 0. The Labute approximate surface area is 119 Å². The van der Waals surface area contributed by atoms with E-state index in [-0.39, 0.29) is 0 Å². The Morgan fingerprint density at radius 3 is 2.48 bits per heavy atom. The Balaban J connectivity index is 2.20. The molecule has 21 heavy (non-hydrogen) atoms. The van der Waals surface area contributed by atoms with Crippen molar-refractivity contribution in [3.8, 4) is 0 Å². The predicted molar refractivity (Wildman–Crippen MR) is 67.7 cm³/mol. The molecule has 0 heterocycles. The largest absolute Gasteiger partial charge is 0.481 e. The number of amides is 1. The van der Waals surface area contributed by atoms with Crippen LogP contribution in [0.4, 0.5) is 13.2 Å². The van der Waals surface area contributed by atoms with Crippen molar-refractivity contribution in [2.75, 3.05) is 0 Å². The summed E-state index contributed by atoms with van der Waals surface area (Å²) >= 11 is 0. The number of benzene rings is 1. The van der Waals surface area contributed by atoms with E-state index < -0.39 is 41.1 Å². The zero-order chi connectivity index (χ0) is 15.6. The van der Waals surface area contributed by atoms with Crippen LogP contribution in [0.1, 0.15) is 35.2 Å². The quantitative estimate of drug-likeness (QED) is 0.902. The minimum atomic E-state index is -4.63. The molecule has 4 nitrogen and oxygen atoms in total. The third-order valence-corrected chi connectivity index (χ3v) is 3.63. The number of carboxylic acid groups (broad SMARTS) is 1. The van der Waals surface area contributed by atoms with Gasteiger partial charge in [0.2, 0.25) is 0 Å². The van der Waals surface area contributed by atoms with E-state index >= 15 is 0 Å². The average molecular weight is 301 g/mol.